The molecule has 2 unspecified atom stereocenters. The smallest absolute Gasteiger partial charge is 0.0585 e. The van der Waals surface area contributed by atoms with Crippen molar-refractivity contribution in [2.75, 3.05) is 26.2 Å². The second-order valence-corrected chi connectivity index (χ2v) is 5.20. The van der Waals surface area contributed by atoms with Crippen LogP contribution in [0.5, 0.6) is 0 Å². The van der Waals surface area contributed by atoms with Gasteiger partial charge in [0.2, 0.25) is 0 Å². The van der Waals surface area contributed by atoms with E-state index in [1.807, 2.05) is 0 Å². The third-order valence-electron chi connectivity index (χ3n) is 3.85. The molecule has 0 aromatic rings. The molecule has 0 aliphatic carbocycles. The second kappa shape index (κ2) is 8.90. The molecule has 17 heavy (non-hydrogen) atoms. The first-order chi connectivity index (χ1) is 8.31. The summed E-state index contributed by atoms with van der Waals surface area (Å²) in [5, 5.41) is 12.6. The fraction of sp³-hybridized carbons (Fsp3) is 1.00. The third kappa shape index (κ3) is 5.36. The molecule has 0 bridgehead atoms. The minimum absolute atomic E-state index is 0.264. The van der Waals surface area contributed by atoms with E-state index in [0.717, 1.165) is 25.6 Å². The fourth-order valence-electron chi connectivity index (χ4n) is 2.88. The van der Waals surface area contributed by atoms with E-state index >= 15 is 0 Å². The van der Waals surface area contributed by atoms with Crippen molar-refractivity contribution < 1.29 is 5.11 Å². The first kappa shape index (κ1) is 14.9. The van der Waals surface area contributed by atoms with Crippen molar-refractivity contribution in [3.05, 3.63) is 0 Å². The number of nitrogens with one attached hydrogen (secondary N) is 1. The van der Waals surface area contributed by atoms with Gasteiger partial charge >= 0.3 is 0 Å². The van der Waals surface area contributed by atoms with Crippen LogP contribution >= 0.6 is 0 Å². The number of aliphatic hydroxyl groups is 1. The molecule has 0 aromatic carbocycles. The average molecular weight is 242 g/mol. The molecule has 0 saturated carbocycles. The van der Waals surface area contributed by atoms with Gasteiger partial charge in [0.15, 0.2) is 0 Å². The van der Waals surface area contributed by atoms with Gasteiger partial charge in [0.1, 0.15) is 0 Å². The molecule has 1 rings (SSSR count). The van der Waals surface area contributed by atoms with Crippen molar-refractivity contribution in [2.24, 2.45) is 0 Å². The highest BCUT2D eigenvalue weighted by Crippen LogP contribution is 2.21. The zero-order chi connectivity index (χ0) is 12.5. The SMILES string of the molecule is CCCC1CCCCN1CCC(CO)NCC. The molecule has 0 amide bonds. The summed E-state index contributed by atoms with van der Waals surface area (Å²) in [6.45, 7) is 7.99. The van der Waals surface area contributed by atoms with E-state index in [0.29, 0.717) is 0 Å². The Balaban J connectivity index is 2.31. The van der Waals surface area contributed by atoms with Crippen molar-refractivity contribution in [3.63, 3.8) is 0 Å². The first-order valence-electron chi connectivity index (χ1n) is 7.40. The Bertz CT molecular complexity index is 185. The molecular weight excluding hydrogens is 212 g/mol. The van der Waals surface area contributed by atoms with Crippen LogP contribution in [0.1, 0.15) is 52.4 Å². The number of piperidine rings is 1. The predicted octanol–water partition coefficient (Wildman–Crippen LogP) is 2.00. The summed E-state index contributed by atoms with van der Waals surface area (Å²) in [5.74, 6) is 0. The summed E-state index contributed by atoms with van der Waals surface area (Å²) >= 11 is 0. The Hall–Kier alpha value is -0.120. The van der Waals surface area contributed by atoms with Gasteiger partial charge in [-0.2, -0.15) is 0 Å². The van der Waals surface area contributed by atoms with E-state index in [-0.39, 0.29) is 12.6 Å². The fourth-order valence-corrected chi connectivity index (χ4v) is 2.88. The average Bonchev–Trinajstić information content (AvgIpc) is 2.36. The van der Waals surface area contributed by atoms with Crippen LogP contribution in [0.2, 0.25) is 0 Å². The van der Waals surface area contributed by atoms with Crippen LogP contribution in [-0.2, 0) is 0 Å². The first-order valence-corrected chi connectivity index (χ1v) is 7.40. The lowest BCUT2D eigenvalue weighted by atomic mass is 9.97. The van der Waals surface area contributed by atoms with E-state index < -0.39 is 0 Å². The van der Waals surface area contributed by atoms with E-state index in [2.05, 4.69) is 24.1 Å². The lowest BCUT2D eigenvalue weighted by molar-refractivity contribution is 0.126. The number of hydrogen-bond acceptors (Lipinski definition) is 3. The predicted molar refractivity (Wildman–Crippen MR) is 73.3 cm³/mol. The summed E-state index contributed by atoms with van der Waals surface area (Å²) < 4.78 is 0. The number of likely N-dealkylation sites (tertiary alicyclic amines) is 1. The van der Waals surface area contributed by atoms with Crippen LogP contribution in [0, 0.1) is 0 Å². The maximum Gasteiger partial charge on any atom is 0.0585 e. The van der Waals surface area contributed by atoms with Gasteiger partial charge in [0.05, 0.1) is 6.61 Å². The van der Waals surface area contributed by atoms with Gasteiger partial charge in [-0.1, -0.05) is 26.7 Å². The Labute approximate surface area is 107 Å². The lowest BCUT2D eigenvalue weighted by Crippen LogP contribution is -2.43. The summed E-state index contributed by atoms with van der Waals surface area (Å²) in [6.07, 6.45) is 7.83. The van der Waals surface area contributed by atoms with Gasteiger partial charge in [-0.05, 0) is 45.3 Å². The number of rotatable bonds is 8. The zero-order valence-corrected chi connectivity index (χ0v) is 11.6. The zero-order valence-electron chi connectivity index (χ0n) is 11.6. The Morgan fingerprint density at radius 2 is 2.18 bits per heavy atom. The molecule has 0 aromatic heterocycles. The molecule has 1 fully saturated rings. The summed E-state index contributed by atoms with van der Waals surface area (Å²) in [4.78, 5) is 2.65. The molecule has 0 spiro atoms. The Kier molecular flexibility index (Phi) is 7.82. The standard InChI is InChI=1S/C14H30N2O/c1-3-7-14-8-5-6-10-16(14)11-9-13(12-17)15-4-2/h13-15,17H,3-12H2,1-2H3. The number of hydrogen-bond donors (Lipinski definition) is 2. The van der Waals surface area contributed by atoms with Crippen LogP contribution in [0.15, 0.2) is 0 Å². The topological polar surface area (TPSA) is 35.5 Å². The largest absolute Gasteiger partial charge is 0.395 e. The van der Waals surface area contributed by atoms with Gasteiger partial charge < -0.3 is 15.3 Å². The lowest BCUT2D eigenvalue weighted by Gasteiger charge is -2.36. The minimum atomic E-state index is 0.264. The summed E-state index contributed by atoms with van der Waals surface area (Å²) in [6, 6.07) is 1.08. The molecular formula is C14H30N2O. The van der Waals surface area contributed by atoms with Crippen LogP contribution in [0.4, 0.5) is 0 Å². The van der Waals surface area contributed by atoms with Crippen LogP contribution < -0.4 is 5.32 Å². The van der Waals surface area contributed by atoms with Crippen molar-refractivity contribution in [2.45, 2.75) is 64.5 Å². The number of likely N-dealkylation sites (N-methyl/N-ethyl adjacent to an activating group) is 1. The van der Waals surface area contributed by atoms with Crippen LogP contribution in [-0.4, -0.2) is 48.3 Å². The highest BCUT2D eigenvalue weighted by Gasteiger charge is 2.21. The normalized spacial score (nSPS) is 23.8. The maximum absolute atomic E-state index is 9.27. The molecule has 3 nitrogen and oxygen atoms in total. The molecule has 102 valence electrons. The monoisotopic (exact) mass is 242 g/mol. The molecule has 1 saturated heterocycles. The molecule has 1 aliphatic heterocycles. The van der Waals surface area contributed by atoms with Gasteiger partial charge in [-0.3, -0.25) is 0 Å². The van der Waals surface area contributed by atoms with Gasteiger partial charge in [0.25, 0.3) is 0 Å². The van der Waals surface area contributed by atoms with Crippen molar-refractivity contribution in [1.29, 1.82) is 0 Å². The highest BCUT2D eigenvalue weighted by molar-refractivity contribution is 4.78. The molecule has 3 heteroatoms. The van der Waals surface area contributed by atoms with Gasteiger partial charge in [-0.15, -0.1) is 0 Å². The number of nitrogens with zero attached hydrogens (tertiary/aromatic N) is 1. The van der Waals surface area contributed by atoms with E-state index in [4.69, 9.17) is 0 Å². The maximum atomic E-state index is 9.27. The van der Waals surface area contributed by atoms with Gasteiger partial charge in [0, 0.05) is 12.1 Å². The summed E-state index contributed by atoms with van der Waals surface area (Å²) in [5.41, 5.74) is 0. The van der Waals surface area contributed by atoms with E-state index in [1.54, 1.807) is 0 Å². The molecule has 1 heterocycles. The van der Waals surface area contributed by atoms with E-state index in [9.17, 15) is 5.11 Å². The molecule has 2 N–H and O–H groups in total. The minimum Gasteiger partial charge on any atom is -0.395 e. The van der Waals surface area contributed by atoms with Gasteiger partial charge in [-0.25, -0.2) is 0 Å². The quantitative estimate of drug-likeness (QED) is 0.683. The van der Waals surface area contributed by atoms with Crippen molar-refractivity contribution >= 4 is 0 Å². The Morgan fingerprint density at radius 1 is 1.35 bits per heavy atom. The molecule has 0 radical (unpaired) electrons. The van der Waals surface area contributed by atoms with Crippen LogP contribution in [0.3, 0.4) is 0 Å². The van der Waals surface area contributed by atoms with Crippen LogP contribution in [0.25, 0.3) is 0 Å². The van der Waals surface area contributed by atoms with E-state index in [1.165, 1.54) is 38.6 Å². The molecule has 1 aliphatic rings. The third-order valence-corrected chi connectivity index (χ3v) is 3.85. The highest BCUT2D eigenvalue weighted by atomic mass is 16.3. The van der Waals surface area contributed by atoms with Crippen molar-refractivity contribution in [1.82, 2.24) is 10.2 Å². The Morgan fingerprint density at radius 3 is 2.82 bits per heavy atom. The summed E-state index contributed by atoms with van der Waals surface area (Å²) in [7, 11) is 0. The molecule has 2 atom stereocenters. The number of aliphatic hydroxyl groups excluding tert-OH is 1. The second-order valence-electron chi connectivity index (χ2n) is 5.20. The van der Waals surface area contributed by atoms with Crippen molar-refractivity contribution in [3.8, 4) is 0 Å².